The van der Waals surface area contributed by atoms with Gasteiger partial charge in [-0.3, -0.25) is 0 Å². The molecule has 3 rings (SSSR count). The average molecular weight is 200 g/mol. The Kier molecular flexibility index (Phi) is 1.58. The molecule has 0 aliphatic heterocycles. The molecule has 0 atom stereocenters. The van der Waals surface area contributed by atoms with Gasteiger partial charge in [-0.05, 0) is 18.6 Å². The molecule has 0 aliphatic rings. The van der Waals surface area contributed by atoms with Crippen molar-refractivity contribution in [3.05, 3.63) is 30.4 Å². The first kappa shape index (κ1) is 8.16. The van der Waals surface area contributed by atoms with Crippen molar-refractivity contribution < 1.29 is 4.42 Å². The SMILES string of the molecule is Cc1ccoc1-c1nc2ncncc2[nH]1. The van der Waals surface area contributed by atoms with Crippen molar-refractivity contribution in [2.75, 3.05) is 0 Å². The Morgan fingerprint density at radius 2 is 2.33 bits per heavy atom. The Morgan fingerprint density at radius 1 is 1.40 bits per heavy atom. The van der Waals surface area contributed by atoms with Crippen LogP contribution in [0.1, 0.15) is 5.56 Å². The summed E-state index contributed by atoms with van der Waals surface area (Å²) in [5.41, 5.74) is 2.50. The maximum absolute atomic E-state index is 5.34. The fourth-order valence-electron chi connectivity index (χ4n) is 1.48. The monoisotopic (exact) mass is 200 g/mol. The first-order valence-corrected chi connectivity index (χ1v) is 4.55. The smallest absolute Gasteiger partial charge is 0.181 e. The first-order valence-electron chi connectivity index (χ1n) is 4.55. The Bertz CT molecular complexity index is 577. The number of aryl methyl sites for hydroxylation is 1. The van der Waals surface area contributed by atoms with Gasteiger partial charge < -0.3 is 9.40 Å². The van der Waals surface area contributed by atoms with E-state index in [2.05, 4.69) is 19.9 Å². The molecule has 0 spiro atoms. The molecule has 3 aromatic heterocycles. The van der Waals surface area contributed by atoms with Crippen LogP contribution in [0.3, 0.4) is 0 Å². The summed E-state index contributed by atoms with van der Waals surface area (Å²) < 4.78 is 5.34. The zero-order valence-electron chi connectivity index (χ0n) is 8.06. The lowest BCUT2D eigenvalue weighted by molar-refractivity contribution is 0.577. The number of nitrogens with zero attached hydrogens (tertiary/aromatic N) is 3. The lowest BCUT2D eigenvalue weighted by Crippen LogP contribution is -1.79. The summed E-state index contributed by atoms with van der Waals surface area (Å²) in [7, 11) is 0. The molecule has 74 valence electrons. The lowest BCUT2D eigenvalue weighted by Gasteiger charge is -1.90. The minimum absolute atomic E-state index is 0.649. The number of nitrogens with one attached hydrogen (secondary N) is 1. The number of furan rings is 1. The number of rotatable bonds is 1. The van der Waals surface area contributed by atoms with Crippen LogP contribution in [0.2, 0.25) is 0 Å². The Balaban J connectivity index is 2.24. The van der Waals surface area contributed by atoms with Gasteiger partial charge in [0.05, 0.1) is 12.5 Å². The van der Waals surface area contributed by atoms with Crippen LogP contribution in [0.15, 0.2) is 29.3 Å². The fraction of sp³-hybridized carbons (Fsp3) is 0.100. The van der Waals surface area contributed by atoms with Gasteiger partial charge in [-0.1, -0.05) is 0 Å². The largest absolute Gasteiger partial charge is 0.461 e. The summed E-state index contributed by atoms with van der Waals surface area (Å²) in [4.78, 5) is 15.4. The van der Waals surface area contributed by atoms with Gasteiger partial charge in [-0.25, -0.2) is 15.0 Å². The van der Waals surface area contributed by atoms with E-state index in [9.17, 15) is 0 Å². The third-order valence-electron chi connectivity index (χ3n) is 2.24. The molecule has 5 nitrogen and oxygen atoms in total. The molecule has 5 heteroatoms. The van der Waals surface area contributed by atoms with Gasteiger partial charge in [0.2, 0.25) is 0 Å². The van der Waals surface area contributed by atoms with Gasteiger partial charge in [0.15, 0.2) is 17.2 Å². The Morgan fingerprint density at radius 3 is 3.07 bits per heavy atom. The maximum Gasteiger partial charge on any atom is 0.181 e. The molecule has 0 amide bonds. The fourth-order valence-corrected chi connectivity index (χ4v) is 1.48. The van der Waals surface area contributed by atoms with Crippen LogP contribution < -0.4 is 0 Å². The van der Waals surface area contributed by atoms with Gasteiger partial charge in [0.25, 0.3) is 0 Å². The van der Waals surface area contributed by atoms with Crippen molar-refractivity contribution in [1.29, 1.82) is 0 Å². The van der Waals surface area contributed by atoms with Crippen LogP contribution in [0, 0.1) is 6.92 Å². The van der Waals surface area contributed by atoms with Gasteiger partial charge in [-0.15, -0.1) is 0 Å². The Labute approximate surface area is 85.2 Å². The second kappa shape index (κ2) is 2.91. The number of aromatic nitrogens is 4. The van der Waals surface area contributed by atoms with Gasteiger partial charge in [0, 0.05) is 0 Å². The van der Waals surface area contributed by atoms with Crippen LogP contribution in [0.4, 0.5) is 0 Å². The van der Waals surface area contributed by atoms with E-state index in [1.54, 1.807) is 12.5 Å². The molecule has 3 aromatic rings. The molecule has 0 fully saturated rings. The van der Waals surface area contributed by atoms with Crippen LogP contribution in [-0.4, -0.2) is 19.9 Å². The second-order valence-corrected chi connectivity index (χ2v) is 3.28. The number of imidazole rings is 1. The van der Waals surface area contributed by atoms with Crippen LogP contribution >= 0.6 is 0 Å². The van der Waals surface area contributed by atoms with Gasteiger partial charge in [-0.2, -0.15) is 0 Å². The molecule has 0 unspecified atom stereocenters. The summed E-state index contributed by atoms with van der Waals surface area (Å²) in [6.45, 7) is 1.97. The highest BCUT2D eigenvalue weighted by Crippen LogP contribution is 2.22. The summed E-state index contributed by atoms with van der Waals surface area (Å²) in [6.07, 6.45) is 4.81. The van der Waals surface area contributed by atoms with E-state index in [0.29, 0.717) is 11.5 Å². The third-order valence-corrected chi connectivity index (χ3v) is 2.24. The van der Waals surface area contributed by atoms with E-state index >= 15 is 0 Å². The molecule has 1 N–H and O–H groups in total. The molecule has 0 saturated heterocycles. The van der Waals surface area contributed by atoms with Gasteiger partial charge in [0.1, 0.15) is 11.8 Å². The predicted octanol–water partition coefficient (Wildman–Crippen LogP) is 1.92. The number of aromatic amines is 1. The minimum atomic E-state index is 0.649. The highest BCUT2D eigenvalue weighted by atomic mass is 16.3. The van der Waals surface area contributed by atoms with E-state index < -0.39 is 0 Å². The molecule has 0 aliphatic carbocycles. The van der Waals surface area contributed by atoms with E-state index in [0.717, 1.165) is 16.8 Å². The van der Waals surface area contributed by atoms with Crippen molar-refractivity contribution in [3.8, 4) is 11.6 Å². The standard InChI is InChI=1S/C10H8N4O/c1-6-2-3-15-8(6)10-13-7-4-11-5-12-9(7)14-10/h2-5H,1H3,(H,11,12,13,14). The van der Waals surface area contributed by atoms with Gasteiger partial charge >= 0.3 is 0 Å². The van der Waals surface area contributed by atoms with Crippen molar-refractivity contribution in [1.82, 2.24) is 19.9 Å². The summed E-state index contributed by atoms with van der Waals surface area (Å²) in [5.74, 6) is 1.43. The zero-order chi connectivity index (χ0) is 10.3. The summed E-state index contributed by atoms with van der Waals surface area (Å²) in [5, 5.41) is 0. The molecule has 0 aromatic carbocycles. The summed E-state index contributed by atoms with van der Waals surface area (Å²) in [6, 6.07) is 1.90. The molecule has 15 heavy (non-hydrogen) atoms. The lowest BCUT2D eigenvalue weighted by atomic mass is 10.3. The first-order chi connectivity index (χ1) is 7.34. The highest BCUT2D eigenvalue weighted by molar-refractivity contribution is 5.73. The predicted molar refractivity (Wildman–Crippen MR) is 54.1 cm³/mol. The van der Waals surface area contributed by atoms with Crippen molar-refractivity contribution in [2.24, 2.45) is 0 Å². The van der Waals surface area contributed by atoms with E-state index in [1.807, 2.05) is 13.0 Å². The normalized spacial score (nSPS) is 11.0. The van der Waals surface area contributed by atoms with E-state index in [4.69, 9.17) is 4.42 Å². The molecular formula is C10H8N4O. The van der Waals surface area contributed by atoms with Crippen molar-refractivity contribution >= 4 is 11.2 Å². The molecular weight excluding hydrogens is 192 g/mol. The van der Waals surface area contributed by atoms with E-state index in [1.165, 1.54) is 6.33 Å². The van der Waals surface area contributed by atoms with Crippen molar-refractivity contribution in [2.45, 2.75) is 6.92 Å². The van der Waals surface area contributed by atoms with E-state index in [-0.39, 0.29) is 0 Å². The topological polar surface area (TPSA) is 67.6 Å². The minimum Gasteiger partial charge on any atom is -0.461 e. The average Bonchev–Trinajstić information content (AvgIpc) is 2.82. The number of H-pyrrole nitrogens is 1. The molecule has 0 saturated carbocycles. The Hall–Kier alpha value is -2.17. The molecule has 0 radical (unpaired) electrons. The van der Waals surface area contributed by atoms with Crippen LogP contribution in [0.25, 0.3) is 22.7 Å². The van der Waals surface area contributed by atoms with Crippen LogP contribution in [-0.2, 0) is 0 Å². The highest BCUT2D eigenvalue weighted by Gasteiger charge is 2.10. The zero-order valence-corrected chi connectivity index (χ0v) is 8.06. The number of fused-ring (bicyclic) bond motifs is 1. The molecule has 0 bridgehead atoms. The maximum atomic E-state index is 5.34. The second-order valence-electron chi connectivity index (χ2n) is 3.28. The third kappa shape index (κ3) is 1.20. The van der Waals surface area contributed by atoms with Crippen molar-refractivity contribution in [3.63, 3.8) is 0 Å². The van der Waals surface area contributed by atoms with Crippen LogP contribution in [0.5, 0.6) is 0 Å². The number of hydrogen-bond acceptors (Lipinski definition) is 4. The quantitative estimate of drug-likeness (QED) is 0.651. The summed E-state index contributed by atoms with van der Waals surface area (Å²) >= 11 is 0. The molecule has 3 heterocycles. The number of hydrogen-bond donors (Lipinski definition) is 1.